The molecule has 0 fully saturated rings. The van der Waals surface area contributed by atoms with E-state index in [1.807, 2.05) is 36.4 Å². The van der Waals surface area contributed by atoms with Gasteiger partial charge in [0.15, 0.2) is 0 Å². The molecule has 1 aliphatic carbocycles. The van der Waals surface area contributed by atoms with Crippen LogP contribution in [0.4, 0.5) is 0 Å². The standard InChI is InChI=1S/C23H27N3O2/c1-16(19-6-4-3-5-7-19)26-23(28)21-11-9-20(10-12-21)22-13-8-18(15-25-22)14-24-17(2)27/h6,8-13,15-16H,3-5,7,14H2,1-2H3,(H,24,27)(H,26,28). The summed E-state index contributed by atoms with van der Waals surface area (Å²) in [6.45, 7) is 4.01. The quantitative estimate of drug-likeness (QED) is 0.748. The maximum atomic E-state index is 12.5. The molecule has 1 aromatic heterocycles. The van der Waals surface area contributed by atoms with Gasteiger partial charge in [-0.2, -0.15) is 0 Å². The molecule has 0 saturated heterocycles. The summed E-state index contributed by atoms with van der Waals surface area (Å²) >= 11 is 0. The Bertz CT molecular complexity index is 854. The first-order valence-corrected chi connectivity index (χ1v) is 9.82. The third-order valence-corrected chi connectivity index (χ3v) is 5.04. The van der Waals surface area contributed by atoms with Crippen molar-refractivity contribution in [3.05, 3.63) is 65.4 Å². The molecule has 5 heteroatoms. The molecule has 2 N–H and O–H groups in total. The number of hydrogen-bond donors (Lipinski definition) is 2. The lowest BCUT2D eigenvalue weighted by molar-refractivity contribution is -0.119. The van der Waals surface area contributed by atoms with Gasteiger partial charge in [-0.15, -0.1) is 0 Å². The minimum atomic E-state index is -0.0629. The number of carbonyl (C=O) groups excluding carboxylic acids is 2. The highest BCUT2D eigenvalue weighted by Gasteiger charge is 2.15. The third kappa shape index (κ3) is 5.28. The van der Waals surface area contributed by atoms with E-state index in [9.17, 15) is 9.59 Å². The van der Waals surface area contributed by atoms with Crippen LogP contribution < -0.4 is 10.6 Å². The van der Waals surface area contributed by atoms with Crippen LogP contribution in [0.25, 0.3) is 11.3 Å². The maximum Gasteiger partial charge on any atom is 0.251 e. The van der Waals surface area contributed by atoms with Gasteiger partial charge in [0, 0.05) is 36.8 Å². The van der Waals surface area contributed by atoms with Crippen molar-refractivity contribution in [2.24, 2.45) is 0 Å². The second-order valence-electron chi connectivity index (χ2n) is 7.26. The lowest BCUT2D eigenvalue weighted by atomic mass is 9.94. The average Bonchev–Trinajstić information content (AvgIpc) is 2.73. The summed E-state index contributed by atoms with van der Waals surface area (Å²) in [6.07, 6.45) is 8.65. The van der Waals surface area contributed by atoms with Crippen molar-refractivity contribution in [2.75, 3.05) is 0 Å². The molecule has 2 aromatic rings. The van der Waals surface area contributed by atoms with Crippen LogP contribution in [0.1, 0.15) is 55.5 Å². The number of hydrogen-bond acceptors (Lipinski definition) is 3. The number of aromatic nitrogens is 1. The van der Waals surface area contributed by atoms with Crippen LogP contribution in [0.3, 0.4) is 0 Å². The number of amides is 2. The number of carbonyl (C=O) groups is 2. The van der Waals surface area contributed by atoms with Crippen molar-refractivity contribution >= 4 is 11.8 Å². The van der Waals surface area contributed by atoms with Crippen molar-refractivity contribution in [2.45, 2.75) is 52.1 Å². The summed E-state index contributed by atoms with van der Waals surface area (Å²) in [7, 11) is 0. The van der Waals surface area contributed by atoms with E-state index in [1.165, 1.54) is 25.3 Å². The first-order valence-electron chi connectivity index (χ1n) is 9.82. The largest absolute Gasteiger partial charge is 0.352 e. The van der Waals surface area contributed by atoms with Crippen LogP contribution in [0, 0.1) is 0 Å². The lowest BCUT2D eigenvalue weighted by Gasteiger charge is -2.21. The van der Waals surface area contributed by atoms with Gasteiger partial charge in [0.05, 0.1) is 5.69 Å². The molecule has 0 bridgehead atoms. The maximum absolute atomic E-state index is 12.5. The number of pyridine rings is 1. The number of nitrogens with one attached hydrogen (secondary N) is 2. The molecule has 1 aliphatic rings. The zero-order valence-corrected chi connectivity index (χ0v) is 16.5. The van der Waals surface area contributed by atoms with Gasteiger partial charge >= 0.3 is 0 Å². The number of rotatable bonds is 6. The molecule has 2 amide bonds. The minimum Gasteiger partial charge on any atom is -0.352 e. The topological polar surface area (TPSA) is 71.1 Å². The first kappa shape index (κ1) is 19.8. The second kappa shape index (κ2) is 9.31. The molecule has 0 spiro atoms. The van der Waals surface area contributed by atoms with E-state index in [0.29, 0.717) is 12.1 Å². The number of benzene rings is 1. The van der Waals surface area contributed by atoms with E-state index in [0.717, 1.165) is 29.7 Å². The highest BCUT2D eigenvalue weighted by Crippen LogP contribution is 2.21. The first-order chi connectivity index (χ1) is 13.5. The van der Waals surface area contributed by atoms with Gasteiger partial charge in [-0.25, -0.2) is 0 Å². The molecule has 0 saturated carbocycles. The number of allylic oxidation sites excluding steroid dienone is 1. The summed E-state index contributed by atoms with van der Waals surface area (Å²) < 4.78 is 0. The average molecular weight is 377 g/mol. The summed E-state index contributed by atoms with van der Waals surface area (Å²) in [4.78, 5) is 28.0. The predicted octanol–water partition coefficient (Wildman–Crippen LogP) is 4.00. The summed E-state index contributed by atoms with van der Waals surface area (Å²) in [5.41, 5.74) is 4.71. The summed E-state index contributed by atoms with van der Waals surface area (Å²) in [5.74, 6) is -0.115. The van der Waals surface area contributed by atoms with E-state index in [-0.39, 0.29) is 17.9 Å². The van der Waals surface area contributed by atoms with Crippen LogP contribution in [-0.4, -0.2) is 22.8 Å². The molecule has 146 valence electrons. The monoisotopic (exact) mass is 377 g/mol. The van der Waals surface area contributed by atoms with E-state index in [2.05, 4.69) is 28.6 Å². The molecular formula is C23H27N3O2. The zero-order valence-electron chi connectivity index (χ0n) is 16.5. The van der Waals surface area contributed by atoms with Gasteiger partial charge in [-0.1, -0.05) is 29.8 Å². The predicted molar refractivity (Wildman–Crippen MR) is 111 cm³/mol. The molecule has 28 heavy (non-hydrogen) atoms. The zero-order chi connectivity index (χ0) is 19.9. The Labute approximate surface area is 166 Å². The Hall–Kier alpha value is -2.95. The SMILES string of the molecule is CC(=O)NCc1ccc(-c2ccc(C(=O)NC(C)C3=CCCCC3)cc2)nc1. The highest BCUT2D eigenvalue weighted by atomic mass is 16.2. The lowest BCUT2D eigenvalue weighted by Crippen LogP contribution is -2.34. The van der Waals surface area contributed by atoms with Crippen LogP contribution >= 0.6 is 0 Å². The van der Waals surface area contributed by atoms with Gasteiger partial charge in [-0.3, -0.25) is 14.6 Å². The van der Waals surface area contributed by atoms with Crippen LogP contribution in [0.2, 0.25) is 0 Å². The van der Waals surface area contributed by atoms with Gasteiger partial charge in [0.25, 0.3) is 5.91 Å². The minimum absolute atomic E-state index is 0.0517. The molecule has 1 heterocycles. The fraction of sp³-hybridized carbons (Fsp3) is 0.348. The van der Waals surface area contributed by atoms with E-state index >= 15 is 0 Å². The van der Waals surface area contributed by atoms with E-state index in [4.69, 9.17) is 0 Å². The summed E-state index contributed by atoms with van der Waals surface area (Å²) in [5, 5.41) is 5.85. The Kier molecular flexibility index (Phi) is 6.58. The van der Waals surface area contributed by atoms with Crippen LogP contribution in [-0.2, 0) is 11.3 Å². The summed E-state index contributed by atoms with van der Waals surface area (Å²) in [6, 6.07) is 11.4. The van der Waals surface area contributed by atoms with Crippen molar-refractivity contribution in [1.29, 1.82) is 0 Å². The Morgan fingerprint density at radius 1 is 1.11 bits per heavy atom. The Morgan fingerprint density at radius 3 is 2.50 bits per heavy atom. The van der Waals surface area contributed by atoms with E-state index < -0.39 is 0 Å². The van der Waals surface area contributed by atoms with Crippen molar-refractivity contribution in [1.82, 2.24) is 15.6 Å². The van der Waals surface area contributed by atoms with Gasteiger partial charge in [0.2, 0.25) is 5.91 Å². The van der Waals surface area contributed by atoms with Crippen molar-refractivity contribution in [3.8, 4) is 11.3 Å². The normalized spacial score (nSPS) is 14.7. The Morgan fingerprint density at radius 2 is 1.89 bits per heavy atom. The molecule has 0 aliphatic heterocycles. The third-order valence-electron chi connectivity index (χ3n) is 5.04. The molecule has 1 unspecified atom stereocenters. The molecular weight excluding hydrogens is 350 g/mol. The molecule has 5 nitrogen and oxygen atoms in total. The van der Waals surface area contributed by atoms with Crippen LogP contribution in [0.5, 0.6) is 0 Å². The molecule has 1 aromatic carbocycles. The fourth-order valence-electron chi connectivity index (χ4n) is 3.35. The van der Waals surface area contributed by atoms with E-state index in [1.54, 1.807) is 6.20 Å². The van der Waals surface area contributed by atoms with Gasteiger partial charge < -0.3 is 10.6 Å². The molecule has 0 radical (unpaired) electrons. The van der Waals surface area contributed by atoms with Crippen molar-refractivity contribution < 1.29 is 9.59 Å². The molecule has 3 rings (SSSR count). The van der Waals surface area contributed by atoms with Crippen LogP contribution in [0.15, 0.2) is 54.2 Å². The van der Waals surface area contributed by atoms with Gasteiger partial charge in [-0.05, 0) is 56.4 Å². The second-order valence-corrected chi connectivity index (χ2v) is 7.26. The fourth-order valence-corrected chi connectivity index (χ4v) is 3.35. The molecule has 1 atom stereocenters. The highest BCUT2D eigenvalue weighted by molar-refractivity contribution is 5.95. The van der Waals surface area contributed by atoms with Crippen molar-refractivity contribution in [3.63, 3.8) is 0 Å². The Balaban J connectivity index is 1.61. The van der Waals surface area contributed by atoms with Gasteiger partial charge in [0.1, 0.15) is 0 Å². The number of nitrogens with zero attached hydrogens (tertiary/aromatic N) is 1. The smallest absolute Gasteiger partial charge is 0.251 e.